The summed E-state index contributed by atoms with van der Waals surface area (Å²) in [7, 11) is -4.16. The predicted molar refractivity (Wildman–Crippen MR) is 74.2 cm³/mol. The maximum atomic E-state index is 13.8. The molecule has 118 valence electrons. The number of rotatable bonds is 5. The maximum Gasteiger partial charge on any atom is 0.246 e. The molecule has 0 spiro atoms. The number of hydrogen-bond acceptors (Lipinski definition) is 3. The molecule has 1 aromatic rings. The van der Waals surface area contributed by atoms with Gasteiger partial charge in [-0.2, -0.15) is 4.31 Å². The van der Waals surface area contributed by atoms with E-state index in [2.05, 4.69) is 0 Å². The first-order valence-electron chi connectivity index (χ1n) is 7.04. The second-order valence-electron chi connectivity index (χ2n) is 5.21. The molecule has 1 N–H and O–H groups in total. The van der Waals surface area contributed by atoms with Gasteiger partial charge in [-0.1, -0.05) is 19.3 Å². The Morgan fingerprint density at radius 3 is 2.48 bits per heavy atom. The zero-order valence-corrected chi connectivity index (χ0v) is 12.5. The first-order chi connectivity index (χ1) is 9.96. The third-order valence-corrected chi connectivity index (χ3v) is 5.75. The summed E-state index contributed by atoms with van der Waals surface area (Å²) in [5.74, 6) is -1.78. The largest absolute Gasteiger partial charge is 0.395 e. The van der Waals surface area contributed by atoms with Crippen molar-refractivity contribution in [2.45, 2.75) is 43.0 Å². The highest BCUT2D eigenvalue weighted by atomic mass is 32.2. The minimum atomic E-state index is -4.16. The van der Waals surface area contributed by atoms with Crippen LogP contribution < -0.4 is 0 Å². The van der Waals surface area contributed by atoms with Gasteiger partial charge in [-0.05, 0) is 31.0 Å². The van der Waals surface area contributed by atoms with E-state index in [0.717, 1.165) is 35.7 Å². The van der Waals surface area contributed by atoms with Crippen LogP contribution in [0.5, 0.6) is 0 Å². The Hall–Kier alpha value is -1.05. The lowest BCUT2D eigenvalue weighted by molar-refractivity contribution is 0.199. The number of aliphatic hydroxyl groups excluding tert-OH is 1. The average Bonchev–Trinajstić information content (AvgIpc) is 2.48. The van der Waals surface area contributed by atoms with Crippen LogP contribution in [0.1, 0.15) is 32.1 Å². The van der Waals surface area contributed by atoms with Crippen molar-refractivity contribution in [3.63, 3.8) is 0 Å². The van der Waals surface area contributed by atoms with Crippen molar-refractivity contribution >= 4 is 10.0 Å². The fourth-order valence-electron chi connectivity index (χ4n) is 2.77. The molecule has 0 aliphatic heterocycles. The summed E-state index contributed by atoms with van der Waals surface area (Å²) in [5.41, 5.74) is 0. The highest BCUT2D eigenvalue weighted by Crippen LogP contribution is 2.28. The van der Waals surface area contributed by atoms with Gasteiger partial charge in [-0.25, -0.2) is 17.2 Å². The average molecular weight is 319 g/mol. The van der Waals surface area contributed by atoms with Crippen LogP contribution in [0.3, 0.4) is 0 Å². The van der Waals surface area contributed by atoms with E-state index < -0.39 is 26.6 Å². The van der Waals surface area contributed by atoms with E-state index in [0.29, 0.717) is 18.9 Å². The third kappa shape index (κ3) is 3.59. The molecule has 1 fully saturated rings. The Morgan fingerprint density at radius 2 is 1.86 bits per heavy atom. The molecule has 1 aromatic carbocycles. The number of nitrogens with zero attached hydrogens (tertiary/aromatic N) is 1. The van der Waals surface area contributed by atoms with Gasteiger partial charge in [0.1, 0.15) is 16.5 Å². The lowest BCUT2D eigenvalue weighted by atomic mass is 9.95. The fourth-order valence-corrected chi connectivity index (χ4v) is 4.52. The van der Waals surface area contributed by atoms with Crippen LogP contribution in [0, 0.1) is 11.6 Å². The summed E-state index contributed by atoms with van der Waals surface area (Å²) >= 11 is 0. The van der Waals surface area contributed by atoms with Crippen molar-refractivity contribution in [2.75, 3.05) is 13.2 Å². The molecule has 21 heavy (non-hydrogen) atoms. The number of benzene rings is 1. The minimum absolute atomic E-state index is 0.108. The van der Waals surface area contributed by atoms with Crippen molar-refractivity contribution in [2.24, 2.45) is 0 Å². The van der Waals surface area contributed by atoms with E-state index in [1.54, 1.807) is 0 Å². The molecular weight excluding hydrogens is 300 g/mol. The van der Waals surface area contributed by atoms with Gasteiger partial charge in [0.15, 0.2) is 0 Å². The van der Waals surface area contributed by atoms with E-state index in [1.807, 2.05) is 0 Å². The van der Waals surface area contributed by atoms with Crippen LogP contribution in [0.2, 0.25) is 0 Å². The van der Waals surface area contributed by atoms with Gasteiger partial charge in [-0.3, -0.25) is 0 Å². The number of halogens is 2. The van der Waals surface area contributed by atoms with Crippen LogP contribution in [0.4, 0.5) is 8.78 Å². The van der Waals surface area contributed by atoms with Crippen LogP contribution in [-0.2, 0) is 10.0 Å². The zero-order chi connectivity index (χ0) is 15.5. The van der Waals surface area contributed by atoms with E-state index in [1.165, 1.54) is 0 Å². The van der Waals surface area contributed by atoms with Gasteiger partial charge in [0.2, 0.25) is 10.0 Å². The van der Waals surface area contributed by atoms with E-state index in [9.17, 15) is 17.2 Å². The zero-order valence-electron chi connectivity index (χ0n) is 11.6. The summed E-state index contributed by atoms with van der Waals surface area (Å²) in [4.78, 5) is -0.665. The molecule has 0 amide bonds. The second kappa shape index (κ2) is 6.81. The molecule has 0 radical (unpaired) electrons. The van der Waals surface area contributed by atoms with Crippen molar-refractivity contribution in [1.29, 1.82) is 0 Å². The highest BCUT2D eigenvalue weighted by molar-refractivity contribution is 7.89. The smallest absolute Gasteiger partial charge is 0.246 e. The van der Waals surface area contributed by atoms with Gasteiger partial charge in [0.05, 0.1) is 6.61 Å². The molecule has 0 aromatic heterocycles. The van der Waals surface area contributed by atoms with Crippen LogP contribution in [0.25, 0.3) is 0 Å². The topological polar surface area (TPSA) is 57.6 Å². The molecule has 0 unspecified atom stereocenters. The molecule has 7 heteroatoms. The normalized spacial score (nSPS) is 17.3. The molecule has 0 heterocycles. The Labute approximate surface area is 123 Å². The van der Waals surface area contributed by atoms with Gasteiger partial charge < -0.3 is 5.11 Å². The molecule has 2 rings (SSSR count). The van der Waals surface area contributed by atoms with Crippen molar-refractivity contribution in [1.82, 2.24) is 4.31 Å². The molecule has 0 bridgehead atoms. The van der Waals surface area contributed by atoms with Crippen molar-refractivity contribution in [3.8, 4) is 0 Å². The Bertz CT molecular complexity index is 586. The maximum absolute atomic E-state index is 13.8. The Morgan fingerprint density at radius 1 is 1.19 bits per heavy atom. The Balaban J connectivity index is 2.39. The minimum Gasteiger partial charge on any atom is -0.395 e. The number of hydrogen-bond donors (Lipinski definition) is 1. The second-order valence-corrected chi connectivity index (χ2v) is 7.06. The lowest BCUT2D eigenvalue weighted by Crippen LogP contribution is -2.43. The highest BCUT2D eigenvalue weighted by Gasteiger charge is 2.33. The molecule has 1 aliphatic carbocycles. The number of sulfonamides is 1. The van der Waals surface area contributed by atoms with Gasteiger partial charge >= 0.3 is 0 Å². The molecular formula is C14H19F2NO3S. The lowest BCUT2D eigenvalue weighted by Gasteiger charge is -2.33. The predicted octanol–water partition coefficient (Wildman–Crippen LogP) is 2.28. The Kier molecular flexibility index (Phi) is 5.29. The summed E-state index contributed by atoms with van der Waals surface area (Å²) in [6.07, 6.45) is 4.19. The summed E-state index contributed by atoms with van der Waals surface area (Å²) in [5, 5.41) is 9.13. The fraction of sp³-hybridized carbons (Fsp3) is 0.571. The molecule has 1 aliphatic rings. The quantitative estimate of drug-likeness (QED) is 0.906. The van der Waals surface area contributed by atoms with Gasteiger partial charge in [0.25, 0.3) is 0 Å². The van der Waals surface area contributed by atoms with Crippen molar-refractivity contribution < 1.29 is 22.3 Å². The first-order valence-corrected chi connectivity index (χ1v) is 8.48. The molecule has 0 atom stereocenters. The summed E-state index contributed by atoms with van der Waals surface area (Å²) < 4.78 is 53.4. The molecule has 4 nitrogen and oxygen atoms in total. The van der Waals surface area contributed by atoms with Crippen molar-refractivity contribution in [3.05, 3.63) is 29.8 Å². The van der Waals surface area contributed by atoms with E-state index in [-0.39, 0.29) is 19.2 Å². The van der Waals surface area contributed by atoms with E-state index >= 15 is 0 Å². The van der Waals surface area contributed by atoms with Crippen LogP contribution in [-0.4, -0.2) is 37.0 Å². The number of aliphatic hydroxyl groups is 1. The third-order valence-electron chi connectivity index (χ3n) is 3.78. The molecule has 0 saturated heterocycles. The first kappa shape index (κ1) is 16.3. The SMILES string of the molecule is O=S(=O)(c1cc(F)ccc1F)N(CCO)C1CCCCC1. The summed E-state index contributed by atoms with van der Waals surface area (Å²) in [6, 6.07) is 2.11. The monoisotopic (exact) mass is 319 g/mol. The standard InChI is InChI=1S/C14H19F2NO3S/c15-11-6-7-13(16)14(10-11)21(19,20)17(8-9-18)12-4-2-1-3-5-12/h6-7,10,12,18H,1-5,8-9H2. The van der Waals surface area contributed by atoms with Crippen LogP contribution in [0.15, 0.2) is 23.1 Å². The van der Waals surface area contributed by atoms with Gasteiger partial charge in [-0.15, -0.1) is 0 Å². The van der Waals surface area contributed by atoms with Crippen LogP contribution >= 0.6 is 0 Å². The van der Waals surface area contributed by atoms with Gasteiger partial charge in [0, 0.05) is 12.6 Å². The summed E-state index contributed by atoms with van der Waals surface area (Å²) in [6.45, 7) is -0.463. The molecule has 1 saturated carbocycles. The van der Waals surface area contributed by atoms with E-state index in [4.69, 9.17) is 5.11 Å².